The molecule has 1 aromatic rings. The normalized spacial score (nSPS) is 18.2. The molecule has 2 rings (SSSR count). The molecule has 0 unspecified atom stereocenters. The van der Waals surface area contributed by atoms with Gasteiger partial charge in [0, 0.05) is 19.6 Å². The van der Waals surface area contributed by atoms with Gasteiger partial charge in [-0.15, -0.1) is 0 Å². The van der Waals surface area contributed by atoms with Crippen molar-refractivity contribution in [2.24, 2.45) is 5.73 Å². The number of nitrogens with zero attached hydrogens (tertiary/aromatic N) is 1. The van der Waals surface area contributed by atoms with Gasteiger partial charge in [0.1, 0.15) is 5.82 Å². The molecule has 6 heteroatoms. The number of hydrogen-bond acceptors (Lipinski definition) is 4. The number of hydrogen-bond donors (Lipinski definition) is 1. The van der Waals surface area contributed by atoms with E-state index >= 15 is 0 Å². The summed E-state index contributed by atoms with van der Waals surface area (Å²) in [5.74, 6) is -0.488. The van der Waals surface area contributed by atoms with Crippen LogP contribution in [-0.4, -0.2) is 33.8 Å². The smallest absolute Gasteiger partial charge is 0.182 e. The number of nitrogens with two attached hydrogens (primary N) is 1. The van der Waals surface area contributed by atoms with Crippen LogP contribution < -0.4 is 10.6 Å². The summed E-state index contributed by atoms with van der Waals surface area (Å²) in [5.41, 5.74) is 5.59. The van der Waals surface area contributed by atoms with Gasteiger partial charge in [-0.2, -0.15) is 0 Å². The number of halogens is 1. The highest BCUT2D eigenvalue weighted by molar-refractivity contribution is 7.91. The van der Waals surface area contributed by atoms with Crippen LogP contribution in [0.15, 0.2) is 23.1 Å². The van der Waals surface area contributed by atoms with Crippen molar-refractivity contribution in [1.29, 1.82) is 0 Å². The molecule has 88 valence electrons. The van der Waals surface area contributed by atoms with Crippen LogP contribution in [0.5, 0.6) is 0 Å². The Hall–Kier alpha value is -1.14. The Bertz CT molecular complexity index is 502. The van der Waals surface area contributed by atoms with Gasteiger partial charge in [-0.3, -0.25) is 0 Å². The Kier molecular flexibility index (Phi) is 2.86. The second-order valence-electron chi connectivity index (χ2n) is 3.68. The molecule has 0 spiro atoms. The third-order valence-corrected chi connectivity index (χ3v) is 4.35. The SMILES string of the molecule is NCCN1CCS(=O)(=O)c2cccc(F)c21. The van der Waals surface area contributed by atoms with Gasteiger partial charge in [-0.25, -0.2) is 12.8 Å². The molecule has 1 heterocycles. The standard InChI is InChI=1S/C10H13FN2O2S/c11-8-2-1-3-9-10(8)13(5-4-12)6-7-16(9,14)15/h1-3H,4-7,12H2. The zero-order valence-corrected chi connectivity index (χ0v) is 9.50. The minimum Gasteiger partial charge on any atom is -0.366 e. The van der Waals surface area contributed by atoms with Crippen molar-refractivity contribution < 1.29 is 12.8 Å². The van der Waals surface area contributed by atoms with Crippen molar-refractivity contribution in [2.75, 3.05) is 30.3 Å². The molecule has 0 radical (unpaired) electrons. The van der Waals surface area contributed by atoms with Crippen molar-refractivity contribution in [3.05, 3.63) is 24.0 Å². The van der Waals surface area contributed by atoms with Gasteiger partial charge < -0.3 is 10.6 Å². The Morgan fingerprint density at radius 3 is 2.88 bits per heavy atom. The first-order valence-electron chi connectivity index (χ1n) is 5.02. The first kappa shape index (κ1) is 11.3. The zero-order valence-electron chi connectivity index (χ0n) is 8.69. The highest BCUT2D eigenvalue weighted by Crippen LogP contribution is 2.32. The van der Waals surface area contributed by atoms with E-state index in [9.17, 15) is 12.8 Å². The highest BCUT2D eigenvalue weighted by atomic mass is 32.2. The van der Waals surface area contributed by atoms with Crippen LogP contribution in [-0.2, 0) is 9.84 Å². The Morgan fingerprint density at radius 1 is 1.44 bits per heavy atom. The summed E-state index contributed by atoms with van der Waals surface area (Å²) in [7, 11) is -3.34. The lowest BCUT2D eigenvalue weighted by atomic mass is 10.2. The molecule has 1 aromatic carbocycles. The first-order valence-corrected chi connectivity index (χ1v) is 6.68. The van der Waals surface area contributed by atoms with Gasteiger partial charge >= 0.3 is 0 Å². The fraction of sp³-hybridized carbons (Fsp3) is 0.400. The predicted octanol–water partition coefficient (Wildman–Crippen LogP) is 0.378. The van der Waals surface area contributed by atoms with Gasteiger partial charge in [-0.05, 0) is 12.1 Å². The van der Waals surface area contributed by atoms with Crippen molar-refractivity contribution in [3.8, 4) is 0 Å². The van der Waals surface area contributed by atoms with Crippen molar-refractivity contribution in [1.82, 2.24) is 0 Å². The first-order chi connectivity index (χ1) is 7.56. The fourth-order valence-electron chi connectivity index (χ4n) is 1.88. The summed E-state index contributed by atoms with van der Waals surface area (Å²) in [6, 6.07) is 4.12. The number of anilines is 1. The maximum absolute atomic E-state index is 13.6. The average Bonchev–Trinajstić information content (AvgIpc) is 2.23. The van der Waals surface area contributed by atoms with Gasteiger partial charge in [0.2, 0.25) is 0 Å². The third-order valence-electron chi connectivity index (χ3n) is 2.63. The maximum Gasteiger partial charge on any atom is 0.182 e. The van der Waals surface area contributed by atoms with Crippen LogP contribution in [0.3, 0.4) is 0 Å². The summed E-state index contributed by atoms with van der Waals surface area (Å²) in [6.45, 7) is 1.13. The minimum atomic E-state index is -3.34. The Labute approximate surface area is 93.8 Å². The molecule has 0 saturated heterocycles. The van der Waals surface area contributed by atoms with E-state index in [2.05, 4.69) is 0 Å². The molecule has 1 aliphatic heterocycles. The van der Waals surface area contributed by atoms with Crippen LogP contribution in [0.25, 0.3) is 0 Å². The number of sulfone groups is 1. The number of benzene rings is 1. The van der Waals surface area contributed by atoms with Crippen molar-refractivity contribution in [3.63, 3.8) is 0 Å². The van der Waals surface area contributed by atoms with Crippen molar-refractivity contribution >= 4 is 15.5 Å². The number of para-hydroxylation sites is 1. The zero-order chi connectivity index (χ0) is 11.8. The van der Waals surface area contributed by atoms with E-state index in [1.807, 2.05) is 0 Å². The quantitative estimate of drug-likeness (QED) is 0.817. The van der Waals surface area contributed by atoms with Gasteiger partial charge in [0.25, 0.3) is 0 Å². The highest BCUT2D eigenvalue weighted by Gasteiger charge is 2.30. The second-order valence-corrected chi connectivity index (χ2v) is 5.76. The summed E-state index contributed by atoms with van der Waals surface area (Å²) in [5, 5.41) is 0. The van der Waals surface area contributed by atoms with Crippen LogP contribution in [0.2, 0.25) is 0 Å². The minimum absolute atomic E-state index is 0.0173. The van der Waals surface area contributed by atoms with Crippen LogP contribution in [0, 0.1) is 5.82 Å². The summed E-state index contributed by atoms with van der Waals surface area (Å²) < 4.78 is 37.1. The lowest BCUT2D eigenvalue weighted by Gasteiger charge is -2.30. The third kappa shape index (κ3) is 1.78. The van der Waals surface area contributed by atoms with E-state index in [4.69, 9.17) is 5.73 Å². The molecule has 0 aromatic heterocycles. The lowest BCUT2D eigenvalue weighted by molar-refractivity contribution is 0.577. The average molecular weight is 244 g/mol. The molecule has 0 fully saturated rings. The molecule has 0 amide bonds. The molecular formula is C10H13FN2O2S. The molecule has 2 N–H and O–H groups in total. The van der Waals surface area contributed by atoms with E-state index in [-0.39, 0.29) is 16.3 Å². The topological polar surface area (TPSA) is 63.4 Å². The Morgan fingerprint density at radius 2 is 2.19 bits per heavy atom. The van der Waals surface area contributed by atoms with E-state index in [1.165, 1.54) is 18.2 Å². The molecular weight excluding hydrogens is 231 g/mol. The second kappa shape index (κ2) is 4.03. The number of fused-ring (bicyclic) bond motifs is 1. The van der Waals surface area contributed by atoms with E-state index in [0.717, 1.165) is 0 Å². The lowest BCUT2D eigenvalue weighted by Crippen LogP contribution is -2.39. The molecule has 1 aliphatic rings. The molecule has 0 atom stereocenters. The van der Waals surface area contributed by atoms with Crippen LogP contribution in [0.1, 0.15) is 0 Å². The molecule has 0 bridgehead atoms. The van der Waals surface area contributed by atoms with Crippen molar-refractivity contribution in [2.45, 2.75) is 4.90 Å². The molecule has 0 aliphatic carbocycles. The molecule has 4 nitrogen and oxygen atoms in total. The van der Waals surface area contributed by atoms with Gasteiger partial charge in [-0.1, -0.05) is 6.07 Å². The largest absolute Gasteiger partial charge is 0.366 e. The Balaban J connectivity index is 2.58. The maximum atomic E-state index is 13.6. The number of rotatable bonds is 2. The summed E-state index contributed by atoms with van der Waals surface area (Å²) >= 11 is 0. The van der Waals surface area contributed by atoms with E-state index < -0.39 is 15.7 Å². The van der Waals surface area contributed by atoms with E-state index in [0.29, 0.717) is 19.6 Å². The van der Waals surface area contributed by atoms with E-state index in [1.54, 1.807) is 4.90 Å². The monoisotopic (exact) mass is 244 g/mol. The fourth-order valence-corrected chi connectivity index (χ4v) is 3.37. The van der Waals surface area contributed by atoms with Gasteiger partial charge in [0.15, 0.2) is 9.84 Å². The van der Waals surface area contributed by atoms with Gasteiger partial charge in [0.05, 0.1) is 16.3 Å². The predicted molar refractivity (Wildman–Crippen MR) is 59.7 cm³/mol. The van der Waals surface area contributed by atoms with Crippen LogP contribution in [0.4, 0.5) is 10.1 Å². The van der Waals surface area contributed by atoms with Crippen LogP contribution >= 0.6 is 0 Å². The molecule has 16 heavy (non-hydrogen) atoms. The molecule has 0 saturated carbocycles. The summed E-state index contributed by atoms with van der Waals surface area (Å²) in [6.07, 6.45) is 0. The summed E-state index contributed by atoms with van der Waals surface area (Å²) in [4.78, 5) is 1.76.